The molecule has 0 saturated heterocycles. The minimum absolute atomic E-state index is 0.131. The first-order valence-electron chi connectivity index (χ1n) is 12.2. The van der Waals surface area contributed by atoms with Crippen LogP contribution in [0.5, 0.6) is 0 Å². The Balaban J connectivity index is 1.81. The van der Waals surface area contributed by atoms with E-state index in [0.29, 0.717) is 50.4 Å². The van der Waals surface area contributed by atoms with Gasteiger partial charge in [0.2, 0.25) is 0 Å². The van der Waals surface area contributed by atoms with E-state index in [-0.39, 0.29) is 12.0 Å². The van der Waals surface area contributed by atoms with Crippen LogP contribution in [0.3, 0.4) is 0 Å². The number of rotatable bonds is 5. The Hall–Kier alpha value is -4.13. The van der Waals surface area contributed by atoms with Gasteiger partial charge in [-0.25, -0.2) is 9.59 Å². The highest BCUT2D eigenvalue weighted by molar-refractivity contribution is 6.00. The van der Waals surface area contributed by atoms with Crippen LogP contribution in [-0.4, -0.2) is 24.1 Å². The van der Waals surface area contributed by atoms with E-state index in [0.717, 1.165) is 0 Å². The number of hydrogen-bond donors (Lipinski definition) is 1. The van der Waals surface area contributed by atoms with Crippen molar-refractivity contribution in [1.82, 2.24) is 5.32 Å². The number of benzene rings is 2. The molecule has 0 bridgehead atoms. The average Bonchev–Trinajstić information content (AvgIpc) is 2.82. The number of hydrogen-bond acceptors (Lipinski definition) is 7. The zero-order valence-electron chi connectivity index (χ0n) is 21.9. The van der Waals surface area contributed by atoms with Gasteiger partial charge in [-0.1, -0.05) is 36.4 Å². The molecule has 1 aliphatic rings. The van der Waals surface area contributed by atoms with E-state index in [1.54, 1.807) is 59.7 Å². The van der Waals surface area contributed by atoms with Gasteiger partial charge >= 0.3 is 11.9 Å². The molecule has 7 nitrogen and oxygen atoms in total. The van der Waals surface area contributed by atoms with Crippen molar-refractivity contribution in [2.24, 2.45) is 0 Å². The van der Waals surface area contributed by atoms with Gasteiger partial charge in [0.15, 0.2) is 5.43 Å². The highest BCUT2D eigenvalue weighted by Crippen LogP contribution is 2.40. The van der Waals surface area contributed by atoms with Crippen LogP contribution in [-0.2, 0) is 19.1 Å². The Kier molecular flexibility index (Phi) is 7.07. The molecule has 0 radical (unpaired) electrons. The van der Waals surface area contributed by atoms with Crippen LogP contribution < -0.4 is 10.7 Å². The summed E-state index contributed by atoms with van der Waals surface area (Å²) in [6.07, 6.45) is 0. The van der Waals surface area contributed by atoms with Crippen molar-refractivity contribution in [3.8, 4) is 11.3 Å². The Morgan fingerprint density at radius 2 is 1.57 bits per heavy atom. The van der Waals surface area contributed by atoms with E-state index in [1.807, 2.05) is 30.3 Å². The van der Waals surface area contributed by atoms with Gasteiger partial charge in [-0.3, -0.25) is 4.79 Å². The smallest absolute Gasteiger partial charge is 0.337 e. The molecule has 0 spiro atoms. The molecular formula is C30H31NO6. The maximum Gasteiger partial charge on any atom is 0.337 e. The molecule has 2 aromatic carbocycles. The van der Waals surface area contributed by atoms with E-state index < -0.39 is 23.5 Å². The summed E-state index contributed by atoms with van der Waals surface area (Å²) < 4.78 is 17.0. The van der Waals surface area contributed by atoms with Crippen molar-refractivity contribution < 1.29 is 23.5 Å². The molecule has 0 aliphatic carbocycles. The SMILES string of the molecule is CCOC(=O)C1=C(C)NC(C)=C(C(=O)OC(C)(C)C)C1c1ccc(-c2cc(=O)c3ccccc3o2)cc1. The number of allylic oxidation sites excluding steroid dienone is 2. The number of nitrogens with one attached hydrogen (secondary N) is 1. The molecule has 37 heavy (non-hydrogen) atoms. The molecule has 0 saturated carbocycles. The molecule has 3 aromatic rings. The minimum Gasteiger partial charge on any atom is -0.463 e. The molecular weight excluding hydrogens is 470 g/mol. The maximum absolute atomic E-state index is 13.3. The first kappa shape index (κ1) is 25.9. The molecule has 1 atom stereocenters. The van der Waals surface area contributed by atoms with Crippen molar-refractivity contribution in [3.05, 3.63) is 92.9 Å². The van der Waals surface area contributed by atoms with Crippen molar-refractivity contribution in [1.29, 1.82) is 0 Å². The van der Waals surface area contributed by atoms with Crippen LogP contribution >= 0.6 is 0 Å². The second-order valence-corrected chi connectivity index (χ2v) is 9.95. The predicted octanol–water partition coefficient (Wildman–Crippen LogP) is 5.60. The molecule has 0 fully saturated rings. The van der Waals surface area contributed by atoms with Gasteiger partial charge in [0.25, 0.3) is 0 Å². The van der Waals surface area contributed by atoms with E-state index in [2.05, 4.69) is 5.32 Å². The number of dihydropyridines is 1. The van der Waals surface area contributed by atoms with Crippen LogP contribution in [0.15, 0.2) is 86.3 Å². The highest BCUT2D eigenvalue weighted by Gasteiger charge is 2.39. The summed E-state index contributed by atoms with van der Waals surface area (Å²) in [7, 11) is 0. The van der Waals surface area contributed by atoms with E-state index in [9.17, 15) is 14.4 Å². The lowest BCUT2D eigenvalue weighted by Crippen LogP contribution is -2.35. The first-order valence-corrected chi connectivity index (χ1v) is 12.2. The summed E-state index contributed by atoms with van der Waals surface area (Å²) in [5.41, 5.74) is 2.95. The standard InChI is InChI=1S/C30H31NO6/c1-7-35-28(33)25-17(2)31-18(3)26(29(34)37-30(4,5)6)27(25)20-14-12-19(13-15-20)24-16-22(32)21-10-8-9-11-23(21)36-24/h8-16,27,31H,7H2,1-6H3. The van der Waals surface area contributed by atoms with Crippen LogP contribution in [0.25, 0.3) is 22.3 Å². The van der Waals surface area contributed by atoms with Gasteiger partial charge in [0.05, 0.1) is 29.1 Å². The molecule has 4 rings (SSSR count). The van der Waals surface area contributed by atoms with Crippen molar-refractivity contribution in [2.75, 3.05) is 6.61 Å². The van der Waals surface area contributed by atoms with E-state index >= 15 is 0 Å². The van der Waals surface area contributed by atoms with Gasteiger partial charge in [0.1, 0.15) is 16.9 Å². The third-order valence-corrected chi connectivity index (χ3v) is 6.04. The summed E-state index contributed by atoms with van der Waals surface area (Å²) in [5, 5.41) is 3.67. The Labute approximate surface area is 215 Å². The van der Waals surface area contributed by atoms with Gasteiger partial charge in [-0.2, -0.15) is 0 Å². The maximum atomic E-state index is 13.3. The number of ether oxygens (including phenoxy) is 2. The predicted molar refractivity (Wildman–Crippen MR) is 142 cm³/mol. The Morgan fingerprint density at radius 1 is 0.946 bits per heavy atom. The lowest BCUT2D eigenvalue weighted by atomic mass is 9.80. The van der Waals surface area contributed by atoms with Crippen molar-refractivity contribution >= 4 is 22.9 Å². The molecule has 1 unspecified atom stereocenters. The quantitative estimate of drug-likeness (QED) is 0.455. The monoisotopic (exact) mass is 501 g/mol. The lowest BCUT2D eigenvalue weighted by molar-refractivity contribution is -0.150. The molecule has 7 heteroatoms. The number of carbonyl (C=O) groups is 2. The van der Waals surface area contributed by atoms with Crippen LogP contribution in [0.2, 0.25) is 0 Å². The summed E-state index contributed by atoms with van der Waals surface area (Å²) in [6, 6.07) is 15.8. The van der Waals surface area contributed by atoms with Crippen LogP contribution in [0, 0.1) is 0 Å². The summed E-state index contributed by atoms with van der Waals surface area (Å²) in [5.74, 6) is -1.29. The topological polar surface area (TPSA) is 94.8 Å². The number of fused-ring (bicyclic) bond motifs is 1. The fourth-order valence-electron chi connectivity index (χ4n) is 4.50. The lowest BCUT2D eigenvalue weighted by Gasteiger charge is -2.32. The zero-order valence-corrected chi connectivity index (χ0v) is 21.9. The largest absolute Gasteiger partial charge is 0.463 e. The second-order valence-electron chi connectivity index (χ2n) is 9.95. The van der Waals surface area contributed by atoms with Crippen LogP contribution in [0.1, 0.15) is 53.0 Å². The van der Waals surface area contributed by atoms with Crippen molar-refractivity contribution in [3.63, 3.8) is 0 Å². The average molecular weight is 502 g/mol. The third-order valence-electron chi connectivity index (χ3n) is 6.04. The fourth-order valence-corrected chi connectivity index (χ4v) is 4.50. The van der Waals surface area contributed by atoms with E-state index in [1.165, 1.54) is 6.07 Å². The molecule has 1 aromatic heterocycles. The first-order chi connectivity index (χ1) is 17.5. The summed E-state index contributed by atoms with van der Waals surface area (Å²) in [4.78, 5) is 39.0. The Bertz CT molecular complexity index is 1480. The fraction of sp³-hybridized carbons (Fsp3) is 0.300. The Morgan fingerprint density at radius 3 is 2.19 bits per heavy atom. The summed E-state index contributed by atoms with van der Waals surface area (Å²) in [6.45, 7) is 10.9. The molecule has 2 heterocycles. The molecule has 192 valence electrons. The number of esters is 2. The third kappa shape index (κ3) is 5.35. The van der Waals surface area contributed by atoms with Gasteiger partial charge < -0.3 is 19.2 Å². The molecule has 1 aliphatic heterocycles. The number of carbonyl (C=O) groups excluding carboxylic acids is 2. The highest BCUT2D eigenvalue weighted by atomic mass is 16.6. The second kappa shape index (κ2) is 10.1. The van der Waals surface area contributed by atoms with Gasteiger partial charge in [-0.15, -0.1) is 0 Å². The molecule has 1 N–H and O–H groups in total. The van der Waals surface area contributed by atoms with Crippen molar-refractivity contribution in [2.45, 2.75) is 53.1 Å². The summed E-state index contributed by atoms with van der Waals surface area (Å²) >= 11 is 0. The minimum atomic E-state index is -0.716. The van der Waals surface area contributed by atoms with Gasteiger partial charge in [0, 0.05) is 23.0 Å². The number of para-hydroxylation sites is 1. The van der Waals surface area contributed by atoms with Gasteiger partial charge in [-0.05, 0) is 59.2 Å². The van der Waals surface area contributed by atoms with Crippen LogP contribution in [0.4, 0.5) is 0 Å². The normalized spacial score (nSPS) is 16.0. The molecule has 0 amide bonds. The zero-order chi connectivity index (χ0) is 26.9. The van der Waals surface area contributed by atoms with E-state index in [4.69, 9.17) is 13.9 Å².